The maximum Gasteiger partial charge on any atom is 0.342 e. The SMILES string of the molecule is CC(C)=CC=C[C@@]1(C)CCc2c(O)c(C(=O)O[C@H]3C(C)(C)[C@H]4CC[C@]3(C)C4)c(C)c(CC=C(C)C)c2O1. The lowest BCUT2D eigenvalue weighted by Crippen LogP contribution is -2.43. The number of hydrogen-bond donors (Lipinski definition) is 1. The molecule has 1 N–H and O–H groups in total. The summed E-state index contributed by atoms with van der Waals surface area (Å²) in [4.78, 5) is 13.8. The second-order valence-corrected chi connectivity index (χ2v) is 13.3. The lowest BCUT2D eigenvalue weighted by molar-refractivity contribution is -0.0586. The highest BCUT2D eigenvalue weighted by molar-refractivity contribution is 5.96. The van der Waals surface area contributed by atoms with Gasteiger partial charge in [0.25, 0.3) is 0 Å². The summed E-state index contributed by atoms with van der Waals surface area (Å²) in [6.07, 6.45) is 13.6. The molecule has 1 aliphatic heterocycles. The summed E-state index contributed by atoms with van der Waals surface area (Å²) in [5.74, 6) is 0.916. The van der Waals surface area contributed by atoms with Crippen molar-refractivity contribution in [2.24, 2.45) is 16.7 Å². The standard InChI is InChI=1S/C33H46O4/c1-20(2)11-10-16-33(9)18-15-25-27(34)26(22(5)24(28(25)37-33)13-12-21(3)4)29(35)36-30-31(6,7)23-14-17-32(30,8)19-23/h10-12,16,23,30,34H,13-15,17-19H2,1-9H3/t23-,30-,32+,33-/m0/s1. The van der Waals surface area contributed by atoms with E-state index in [2.05, 4.69) is 73.6 Å². The fourth-order valence-corrected chi connectivity index (χ4v) is 7.03. The second-order valence-electron chi connectivity index (χ2n) is 13.3. The van der Waals surface area contributed by atoms with Gasteiger partial charge in [-0.05, 0) is 97.6 Å². The second kappa shape index (κ2) is 9.67. The summed E-state index contributed by atoms with van der Waals surface area (Å²) in [5, 5.41) is 11.5. The molecule has 0 aromatic heterocycles. The van der Waals surface area contributed by atoms with Crippen LogP contribution in [-0.4, -0.2) is 22.8 Å². The molecule has 0 unspecified atom stereocenters. The lowest BCUT2D eigenvalue weighted by Gasteiger charge is -2.42. The van der Waals surface area contributed by atoms with Crippen LogP contribution in [0.5, 0.6) is 11.5 Å². The average molecular weight is 507 g/mol. The van der Waals surface area contributed by atoms with Gasteiger partial charge in [-0.15, -0.1) is 0 Å². The minimum Gasteiger partial charge on any atom is -0.507 e. The van der Waals surface area contributed by atoms with Gasteiger partial charge in [-0.3, -0.25) is 0 Å². The quantitative estimate of drug-likeness (QED) is 0.240. The van der Waals surface area contributed by atoms with Crippen LogP contribution < -0.4 is 4.74 Å². The highest BCUT2D eigenvalue weighted by Crippen LogP contribution is 2.63. The molecule has 4 rings (SSSR count). The van der Waals surface area contributed by atoms with E-state index in [1.54, 1.807) is 0 Å². The molecule has 0 amide bonds. The highest BCUT2D eigenvalue weighted by atomic mass is 16.5. The predicted molar refractivity (Wildman–Crippen MR) is 150 cm³/mol. The van der Waals surface area contributed by atoms with E-state index in [0.29, 0.717) is 30.1 Å². The Bertz CT molecular complexity index is 1170. The minimum absolute atomic E-state index is 0.00893. The van der Waals surface area contributed by atoms with Gasteiger partial charge in [0.15, 0.2) is 0 Å². The first kappa shape index (κ1) is 27.5. The van der Waals surface area contributed by atoms with E-state index >= 15 is 0 Å². The van der Waals surface area contributed by atoms with Crippen molar-refractivity contribution in [1.29, 1.82) is 0 Å². The Labute approximate surface area is 223 Å². The van der Waals surface area contributed by atoms with Gasteiger partial charge in [-0.1, -0.05) is 50.1 Å². The Morgan fingerprint density at radius 3 is 2.41 bits per heavy atom. The molecule has 0 radical (unpaired) electrons. The third kappa shape index (κ3) is 5.01. The van der Waals surface area contributed by atoms with Crippen molar-refractivity contribution in [3.05, 3.63) is 57.7 Å². The van der Waals surface area contributed by atoms with Gasteiger partial charge >= 0.3 is 5.97 Å². The van der Waals surface area contributed by atoms with E-state index in [4.69, 9.17) is 9.47 Å². The fourth-order valence-electron chi connectivity index (χ4n) is 7.03. The summed E-state index contributed by atoms with van der Waals surface area (Å²) in [5.41, 5.74) is 4.63. The molecule has 4 heteroatoms. The highest BCUT2D eigenvalue weighted by Gasteiger charge is 2.61. The number of phenols is 1. The van der Waals surface area contributed by atoms with Crippen LogP contribution in [0.1, 0.15) is 108 Å². The van der Waals surface area contributed by atoms with Crippen LogP contribution in [0.3, 0.4) is 0 Å². The number of benzene rings is 1. The van der Waals surface area contributed by atoms with Gasteiger partial charge < -0.3 is 14.6 Å². The monoisotopic (exact) mass is 506 g/mol. The van der Waals surface area contributed by atoms with Crippen LogP contribution in [0, 0.1) is 23.7 Å². The normalized spacial score (nSPS) is 29.5. The van der Waals surface area contributed by atoms with Crippen LogP contribution in [-0.2, 0) is 17.6 Å². The molecule has 2 fully saturated rings. The maximum atomic E-state index is 13.8. The molecule has 37 heavy (non-hydrogen) atoms. The molecule has 2 saturated carbocycles. The number of ether oxygens (including phenoxy) is 2. The molecule has 4 nitrogen and oxygen atoms in total. The van der Waals surface area contributed by atoms with Gasteiger partial charge in [0.1, 0.15) is 28.8 Å². The van der Waals surface area contributed by atoms with Crippen LogP contribution in [0.4, 0.5) is 0 Å². The van der Waals surface area contributed by atoms with Crippen molar-refractivity contribution >= 4 is 5.97 Å². The van der Waals surface area contributed by atoms with E-state index < -0.39 is 11.6 Å². The maximum absolute atomic E-state index is 13.8. The molecule has 2 bridgehead atoms. The Kier molecular flexibility index (Phi) is 7.20. The number of esters is 1. The number of fused-ring (bicyclic) bond motifs is 3. The predicted octanol–water partition coefficient (Wildman–Crippen LogP) is 8.19. The van der Waals surface area contributed by atoms with Crippen molar-refractivity contribution in [2.45, 2.75) is 113 Å². The molecule has 202 valence electrons. The molecule has 2 aliphatic carbocycles. The van der Waals surface area contributed by atoms with Gasteiger partial charge in [0.05, 0.1) is 0 Å². The lowest BCUT2D eigenvalue weighted by atomic mass is 9.70. The Balaban J connectivity index is 1.75. The van der Waals surface area contributed by atoms with Crippen molar-refractivity contribution in [2.75, 3.05) is 0 Å². The van der Waals surface area contributed by atoms with E-state index in [-0.39, 0.29) is 22.7 Å². The molecular formula is C33H46O4. The smallest absolute Gasteiger partial charge is 0.342 e. The zero-order chi connectivity index (χ0) is 27.3. The van der Waals surface area contributed by atoms with E-state index in [1.165, 1.54) is 17.6 Å². The summed E-state index contributed by atoms with van der Waals surface area (Å²) in [6.45, 7) is 19.0. The number of carbonyl (C=O) groups excluding carboxylic acids is 1. The van der Waals surface area contributed by atoms with Crippen molar-refractivity contribution in [1.82, 2.24) is 0 Å². The number of phenolic OH excluding ortho intramolecular Hbond substituents is 1. The summed E-state index contributed by atoms with van der Waals surface area (Å²) < 4.78 is 13.0. The minimum atomic E-state index is -0.485. The largest absolute Gasteiger partial charge is 0.507 e. The molecule has 1 aromatic rings. The summed E-state index contributed by atoms with van der Waals surface area (Å²) in [7, 11) is 0. The Morgan fingerprint density at radius 1 is 1.11 bits per heavy atom. The van der Waals surface area contributed by atoms with Crippen molar-refractivity contribution in [3.8, 4) is 11.5 Å². The molecule has 4 atom stereocenters. The molecular weight excluding hydrogens is 460 g/mol. The van der Waals surface area contributed by atoms with Crippen LogP contribution in [0.25, 0.3) is 0 Å². The van der Waals surface area contributed by atoms with Gasteiger partial charge in [-0.2, -0.15) is 0 Å². The van der Waals surface area contributed by atoms with Crippen LogP contribution in [0.2, 0.25) is 0 Å². The van der Waals surface area contributed by atoms with E-state index in [0.717, 1.165) is 36.0 Å². The number of rotatable bonds is 6. The number of allylic oxidation sites excluding steroid dienone is 5. The summed E-state index contributed by atoms with van der Waals surface area (Å²) in [6, 6.07) is 0. The zero-order valence-electron chi connectivity index (χ0n) is 24.4. The third-order valence-electron chi connectivity index (χ3n) is 9.26. The average Bonchev–Trinajstić information content (AvgIpc) is 3.27. The van der Waals surface area contributed by atoms with Gasteiger partial charge in [0.2, 0.25) is 0 Å². The third-order valence-corrected chi connectivity index (χ3v) is 9.26. The number of carbonyl (C=O) groups is 1. The number of aromatic hydroxyl groups is 1. The topological polar surface area (TPSA) is 55.8 Å². The summed E-state index contributed by atoms with van der Waals surface area (Å²) >= 11 is 0. The number of hydrogen-bond acceptors (Lipinski definition) is 4. The Hall–Kier alpha value is -2.49. The van der Waals surface area contributed by atoms with Crippen molar-refractivity contribution in [3.63, 3.8) is 0 Å². The van der Waals surface area contributed by atoms with Gasteiger partial charge in [0, 0.05) is 22.0 Å². The molecule has 1 aromatic carbocycles. The first-order valence-electron chi connectivity index (χ1n) is 13.9. The first-order chi connectivity index (χ1) is 17.2. The van der Waals surface area contributed by atoms with Crippen LogP contribution in [0.15, 0.2) is 35.5 Å². The molecule has 3 aliphatic rings. The van der Waals surface area contributed by atoms with Crippen molar-refractivity contribution < 1.29 is 19.4 Å². The molecule has 0 spiro atoms. The zero-order valence-corrected chi connectivity index (χ0v) is 24.4. The fraction of sp³-hybridized carbons (Fsp3) is 0.606. The first-order valence-corrected chi connectivity index (χ1v) is 13.9. The Morgan fingerprint density at radius 2 is 1.81 bits per heavy atom. The van der Waals surface area contributed by atoms with Gasteiger partial charge in [-0.25, -0.2) is 4.79 Å². The van der Waals surface area contributed by atoms with Crippen LogP contribution >= 0.6 is 0 Å². The molecule has 1 heterocycles. The van der Waals surface area contributed by atoms with E-state index in [9.17, 15) is 9.90 Å². The van der Waals surface area contributed by atoms with E-state index in [1.807, 2.05) is 13.0 Å². The molecule has 0 saturated heterocycles.